The molecule has 0 atom stereocenters. The highest BCUT2D eigenvalue weighted by molar-refractivity contribution is 5.63. The number of benzene rings is 1. The van der Waals surface area contributed by atoms with Crippen molar-refractivity contribution in [3.8, 4) is 0 Å². The fraction of sp³-hybridized carbons (Fsp3) is 0.375. The maximum Gasteiger partial charge on any atom is 0.433 e. The lowest BCUT2D eigenvalue weighted by Gasteiger charge is -2.20. The molecule has 7 heteroatoms. The maximum absolute atomic E-state index is 12.7. The molecule has 122 valence electrons. The quantitative estimate of drug-likeness (QED) is 0.922. The number of rotatable bonds is 3. The number of aromatic nitrogens is 2. The molecule has 1 aromatic carbocycles. The average molecular weight is 322 g/mol. The largest absolute Gasteiger partial charge is 0.433 e. The topological polar surface area (TPSA) is 41.1 Å². The zero-order valence-corrected chi connectivity index (χ0v) is 12.7. The SMILES string of the molecule is Cc1cc(Nc2nccc(C(F)(F)F)n2)ccc1N1CCCC1. The molecule has 23 heavy (non-hydrogen) atoms. The van der Waals surface area contributed by atoms with E-state index in [0.717, 1.165) is 36.6 Å². The van der Waals surface area contributed by atoms with E-state index >= 15 is 0 Å². The number of hydrogen-bond donors (Lipinski definition) is 1. The van der Waals surface area contributed by atoms with Crippen molar-refractivity contribution in [2.45, 2.75) is 25.9 Å². The third kappa shape index (κ3) is 3.55. The van der Waals surface area contributed by atoms with Gasteiger partial charge in [-0.05, 0) is 49.6 Å². The van der Waals surface area contributed by atoms with Crippen LogP contribution >= 0.6 is 0 Å². The molecule has 0 aliphatic carbocycles. The van der Waals surface area contributed by atoms with E-state index < -0.39 is 11.9 Å². The Balaban J connectivity index is 1.79. The van der Waals surface area contributed by atoms with Crippen LogP contribution in [0.25, 0.3) is 0 Å². The minimum absolute atomic E-state index is 0.0619. The van der Waals surface area contributed by atoms with Crippen molar-refractivity contribution >= 4 is 17.3 Å². The van der Waals surface area contributed by atoms with Crippen molar-refractivity contribution in [1.82, 2.24) is 9.97 Å². The molecule has 0 bridgehead atoms. The van der Waals surface area contributed by atoms with Crippen LogP contribution in [-0.4, -0.2) is 23.1 Å². The molecule has 1 aliphatic rings. The predicted molar refractivity (Wildman–Crippen MR) is 82.9 cm³/mol. The number of alkyl halides is 3. The van der Waals surface area contributed by atoms with Gasteiger partial charge >= 0.3 is 6.18 Å². The standard InChI is InChI=1S/C16H17F3N4/c1-11-10-12(4-5-13(11)23-8-2-3-9-23)21-15-20-7-6-14(22-15)16(17,18)19/h4-7,10H,2-3,8-9H2,1H3,(H,20,21,22). The van der Waals surface area contributed by atoms with Crippen LogP contribution in [0.2, 0.25) is 0 Å². The third-order valence-corrected chi connectivity index (χ3v) is 3.85. The molecule has 0 spiro atoms. The lowest BCUT2D eigenvalue weighted by atomic mass is 10.1. The molecule has 4 nitrogen and oxygen atoms in total. The van der Waals surface area contributed by atoms with E-state index in [9.17, 15) is 13.2 Å². The van der Waals surface area contributed by atoms with Crippen LogP contribution in [0.15, 0.2) is 30.5 Å². The van der Waals surface area contributed by atoms with Gasteiger partial charge < -0.3 is 10.2 Å². The summed E-state index contributed by atoms with van der Waals surface area (Å²) >= 11 is 0. The Kier molecular flexibility index (Phi) is 4.11. The van der Waals surface area contributed by atoms with Gasteiger partial charge in [0.25, 0.3) is 0 Å². The summed E-state index contributed by atoms with van der Waals surface area (Å²) in [4.78, 5) is 9.68. The first-order chi connectivity index (χ1) is 10.9. The van der Waals surface area contributed by atoms with Gasteiger partial charge in [0.2, 0.25) is 5.95 Å². The Morgan fingerprint density at radius 1 is 1.13 bits per heavy atom. The van der Waals surface area contributed by atoms with Gasteiger partial charge in [0.05, 0.1) is 0 Å². The highest BCUT2D eigenvalue weighted by Gasteiger charge is 2.32. The lowest BCUT2D eigenvalue weighted by molar-refractivity contribution is -0.141. The Hall–Kier alpha value is -2.31. The van der Waals surface area contributed by atoms with Gasteiger partial charge in [0.15, 0.2) is 0 Å². The Labute approximate surface area is 132 Å². The number of anilines is 3. The van der Waals surface area contributed by atoms with Crippen LogP contribution < -0.4 is 10.2 Å². The molecule has 0 amide bonds. The van der Waals surface area contributed by atoms with E-state index in [4.69, 9.17) is 0 Å². The van der Waals surface area contributed by atoms with Gasteiger partial charge in [0.1, 0.15) is 5.69 Å². The molecule has 1 N–H and O–H groups in total. The van der Waals surface area contributed by atoms with Crippen molar-refractivity contribution < 1.29 is 13.2 Å². The van der Waals surface area contributed by atoms with E-state index in [1.165, 1.54) is 12.8 Å². The summed E-state index contributed by atoms with van der Waals surface area (Å²) in [7, 11) is 0. The summed E-state index contributed by atoms with van der Waals surface area (Å²) < 4.78 is 38.0. The fourth-order valence-electron chi connectivity index (χ4n) is 2.75. The van der Waals surface area contributed by atoms with Crippen LogP contribution in [0.1, 0.15) is 24.1 Å². The van der Waals surface area contributed by atoms with Crippen LogP contribution in [-0.2, 0) is 6.18 Å². The number of hydrogen-bond acceptors (Lipinski definition) is 4. The van der Waals surface area contributed by atoms with E-state index in [1.54, 1.807) is 0 Å². The summed E-state index contributed by atoms with van der Waals surface area (Å²) in [5.41, 5.74) is 1.95. The second-order valence-corrected chi connectivity index (χ2v) is 5.58. The molecule has 2 aromatic rings. The minimum atomic E-state index is -4.48. The van der Waals surface area contributed by atoms with Crippen LogP contribution in [0.5, 0.6) is 0 Å². The van der Waals surface area contributed by atoms with Crippen molar-refractivity contribution in [3.63, 3.8) is 0 Å². The second-order valence-electron chi connectivity index (χ2n) is 5.58. The third-order valence-electron chi connectivity index (χ3n) is 3.85. The predicted octanol–water partition coefficient (Wildman–Crippen LogP) is 4.15. The number of nitrogens with one attached hydrogen (secondary N) is 1. The molecular formula is C16H17F3N4. The molecule has 1 aliphatic heterocycles. The lowest BCUT2D eigenvalue weighted by Crippen LogP contribution is -2.18. The summed E-state index contributed by atoms with van der Waals surface area (Å²) in [5, 5.41) is 2.83. The van der Waals surface area contributed by atoms with Gasteiger partial charge in [-0.1, -0.05) is 0 Å². The van der Waals surface area contributed by atoms with Crippen molar-refractivity contribution in [2.75, 3.05) is 23.3 Å². The van der Waals surface area contributed by atoms with Crippen LogP contribution in [0, 0.1) is 6.92 Å². The molecule has 0 saturated carbocycles. The number of aryl methyl sites for hydroxylation is 1. The van der Waals surface area contributed by atoms with Gasteiger partial charge in [-0.2, -0.15) is 13.2 Å². The van der Waals surface area contributed by atoms with Gasteiger partial charge in [-0.3, -0.25) is 0 Å². The zero-order chi connectivity index (χ0) is 16.4. The highest BCUT2D eigenvalue weighted by Crippen LogP contribution is 2.29. The number of nitrogens with zero attached hydrogens (tertiary/aromatic N) is 3. The van der Waals surface area contributed by atoms with Crippen LogP contribution in [0.4, 0.5) is 30.5 Å². The first-order valence-electron chi connectivity index (χ1n) is 7.46. The van der Waals surface area contributed by atoms with Gasteiger partial charge in [0, 0.05) is 30.7 Å². The van der Waals surface area contributed by atoms with E-state index in [1.807, 2.05) is 25.1 Å². The fourth-order valence-corrected chi connectivity index (χ4v) is 2.75. The first kappa shape index (κ1) is 15.6. The Morgan fingerprint density at radius 3 is 2.52 bits per heavy atom. The molecule has 0 unspecified atom stereocenters. The summed E-state index contributed by atoms with van der Waals surface area (Å²) in [6.07, 6.45) is -0.993. The maximum atomic E-state index is 12.7. The van der Waals surface area contributed by atoms with E-state index in [0.29, 0.717) is 5.69 Å². The average Bonchev–Trinajstić information content (AvgIpc) is 3.01. The minimum Gasteiger partial charge on any atom is -0.371 e. The normalized spacial score (nSPS) is 15.0. The Morgan fingerprint density at radius 2 is 1.87 bits per heavy atom. The molecular weight excluding hydrogens is 305 g/mol. The summed E-state index contributed by atoms with van der Waals surface area (Å²) in [6.45, 7) is 4.08. The summed E-state index contributed by atoms with van der Waals surface area (Å²) in [6, 6.07) is 6.57. The monoisotopic (exact) mass is 322 g/mol. The molecule has 2 heterocycles. The zero-order valence-electron chi connectivity index (χ0n) is 12.7. The molecule has 1 saturated heterocycles. The molecule has 1 fully saturated rings. The van der Waals surface area contributed by atoms with Gasteiger partial charge in [-0.25, -0.2) is 9.97 Å². The molecule has 0 radical (unpaired) electrons. The molecule has 3 rings (SSSR count). The molecule has 1 aromatic heterocycles. The van der Waals surface area contributed by atoms with E-state index in [-0.39, 0.29) is 5.95 Å². The number of halogens is 3. The van der Waals surface area contributed by atoms with Gasteiger partial charge in [-0.15, -0.1) is 0 Å². The first-order valence-corrected chi connectivity index (χ1v) is 7.46. The van der Waals surface area contributed by atoms with Crippen molar-refractivity contribution in [1.29, 1.82) is 0 Å². The Bertz CT molecular complexity index is 694. The van der Waals surface area contributed by atoms with Crippen molar-refractivity contribution in [3.05, 3.63) is 41.7 Å². The highest BCUT2D eigenvalue weighted by atomic mass is 19.4. The van der Waals surface area contributed by atoms with Crippen LogP contribution in [0.3, 0.4) is 0 Å². The van der Waals surface area contributed by atoms with Crippen molar-refractivity contribution in [2.24, 2.45) is 0 Å². The second kappa shape index (κ2) is 6.06. The smallest absolute Gasteiger partial charge is 0.371 e. The van der Waals surface area contributed by atoms with E-state index in [2.05, 4.69) is 20.2 Å². The summed E-state index contributed by atoms with van der Waals surface area (Å²) in [5.74, 6) is -0.0619.